The highest BCUT2D eigenvalue weighted by molar-refractivity contribution is 7.87. The van der Waals surface area contributed by atoms with Crippen molar-refractivity contribution in [3.8, 4) is 0 Å². The van der Waals surface area contributed by atoms with Crippen LogP contribution in [0.1, 0.15) is 39.0 Å². The molecule has 0 spiro atoms. The number of guanidine groups is 1. The lowest BCUT2D eigenvalue weighted by Crippen LogP contribution is -2.58. The number of nitrogens with two attached hydrogens (primary N) is 1. The lowest BCUT2D eigenvalue weighted by molar-refractivity contribution is -0.152. The van der Waals surface area contributed by atoms with Crippen LogP contribution in [0.15, 0.2) is 0 Å². The zero-order valence-corrected chi connectivity index (χ0v) is 26.9. The maximum atomic E-state index is 14.1. The minimum atomic E-state index is -4.08. The number of rotatable bonds is 13. The first-order chi connectivity index (χ1) is 20.9. The van der Waals surface area contributed by atoms with E-state index in [1.54, 1.807) is 14.8 Å². The summed E-state index contributed by atoms with van der Waals surface area (Å²) in [6, 6.07) is -1.38. The average molecular weight is 643 g/mol. The molecule has 5 N–H and O–H groups in total. The van der Waals surface area contributed by atoms with Gasteiger partial charge in [-0.15, -0.1) is 0 Å². The van der Waals surface area contributed by atoms with E-state index >= 15 is 0 Å². The number of carbonyl (C=O) groups is 3. The first-order valence-corrected chi connectivity index (χ1v) is 17.1. The number of piperidine rings is 1. The number of ether oxygens (including phenoxy) is 1. The van der Waals surface area contributed by atoms with Gasteiger partial charge in [0.05, 0.1) is 26.2 Å². The van der Waals surface area contributed by atoms with E-state index in [1.165, 1.54) is 11.2 Å². The summed E-state index contributed by atoms with van der Waals surface area (Å²) in [4.78, 5) is 45.4. The van der Waals surface area contributed by atoms with Gasteiger partial charge in [-0.2, -0.15) is 17.4 Å². The van der Waals surface area contributed by atoms with Crippen LogP contribution in [-0.4, -0.2) is 165 Å². The summed E-state index contributed by atoms with van der Waals surface area (Å²) in [6.07, 6.45) is 2.92. The van der Waals surface area contributed by atoms with Crippen LogP contribution in [0.3, 0.4) is 0 Å². The fourth-order valence-electron chi connectivity index (χ4n) is 5.98. The second-order valence-corrected chi connectivity index (χ2v) is 13.9. The zero-order valence-electron chi connectivity index (χ0n) is 26.1. The Bertz CT molecular complexity index is 1120. The third-order valence-electron chi connectivity index (χ3n) is 8.74. The molecule has 0 bridgehead atoms. The Balaban J connectivity index is 1.44. The molecule has 4 rings (SSSR count). The van der Waals surface area contributed by atoms with Gasteiger partial charge in [0, 0.05) is 78.4 Å². The van der Waals surface area contributed by atoms with Gasteiger partial charge < -0.3 is 30.5 Å². The monoisotopic (exact) mass is 642 g/mol. The fraction of sp³-hybridized carbons (Fsp3) is 0.852. The fourth-order valence-corrected chi connectivity index (χ4v) is 7.31. The smallest absolute Gasteiger partial charge is 0.280 e. The normalized spacial score (nSPS) is 23.1. The molecule has 0 aromatic carbocycles. The van der Waals surface area contributed by atoms with E-state index in [9.17, 15) is 22.8 Å². The third kappa shape index (κ3) is 9.71. The van der Waals surface area contributed by atoms with Crippen molar-refractivity contribution < 1.29 is 27.5 Å². The molecular formula is C27H50N10O6S. The highest BCUT2D eigenvalue weighted by atomic mass is 32.2. The summed E-state index contributed by atoms with van der Waals surface area (Å²) in [5.41, 5.74) is 5.65. The molecule has 0 radical (unpaired) electrons. The molecule has 4 fully saturated rings. The van der Waals surface area contributed by atoms with Crippen molar-refractivity contribution >= 4 is 33.9 Å². The molecule has 1 aliphatic carbocycles. The van der Waals surface area contributed by atoms with Crippen LogP contribution in [0.4, 0.5) is 0 Å². The number of nitrogens with one attached hydrogen (secondary N) is 3. The predicted molar refractivity (Wildman–Crippen MR) is 163 cm³/mol. The number of likely N-dealkylation sites (N-methyl/N-ethyl adjacent to an activating group) is 1. The molecule has 0 aromatic heterocycles. The highest BCUT2D eigenvalue weighted by Gasteiger charge is 2.40. The van der Waals surface area contributed by atoms with Crippen LogP contribution in [-0.2, 0) is 29.3 Å². The van der Waals surface area contributed by atoms with Crippen molar-refractivity contribution in [3.63, 3.8) is 0 Å². The summed E-state index contributed by atoms with van der Waals surface area (Å²) in [7, 11) is -2.04. The van der Waals surface area contributed by atoms with Gasteiger partial charge in [-0.05, 0) is 38.6 Å². The zero-order chi connectivity index (χ0) is 31.9. The van der Waals surface area contributed by atoms with Crippen molar-refractivity contribution in [1.29, 1.82) is 5.41 Å². The number of hydrogen-bond acceptors (Lipinski definition) is 9. The van der Waals surface area contributed by atoms with E-state index in [-0.39, 0.29) is 69.6 Å². The van der Waals surface area contributed by atoms with Gasteiger partial charge >= 0.3 is 0 Å². The molecule has 1 saturated carbocycles. The molecule has 2 atom stereocenters. The summed E-state index contributed by atoms with van der Waals surface area (Å²) in [5.74, 6) is -0.938. The molecule has 250 valence electrons. The number of morpholine rings is 1. The Labute approximate surface area is 260 Å². The molecule has 16 nitrogen and oxygen atoms in total. The van der Waals surface area contributed by atoms with E-state index in [1.807, 2.05) is 12.1 Å². The summed E-state index contributed by atoms with van der Waals surface area (Å²) >= 11 is 0. The molecule has 3 saturated heterocycles. The Morgan fingerprint density at radius 3 is 2.32 bits per heavy atom. The van der Waals surface area contributed by atoms with Crippen LogP contribution in [0.25, 0.3) is 0 Å². The summed E-state index contributed by atoms with van der Waals surface area (Å²) in [5, 5.41) is 14.3. The van der Waals surface area contributed by atoms with E-state index in [0.717, 1.165) is 38.8 Å². The Hall–Kier alpha value is -2.57. The van der Waals surface area contributed by atoms with Crippen molar-refractivity contribution in [2.24, 2.45) is 11.7 Å². The maximum Gasteiger partial charge on any atom is 0.280 e. The van der Waals surface area contributed by atoms with Crippen molar-refractivity contribution in [3.05, 3.63) is 0 Å². The Morgan fingerprint density at radius 2 is 1.70 bits per heavy atom. The second-order valence-electron chi connectivity index (χ2n) is 12.2. The molecule has 3 aliphatic heterocycles. The van der Waals surface area contributed by atoms with Crippen LogP contribution < -0.4 is 15.8 Å². The summed E-state index contributed by atoms with van der Waals surface area (Å²) in [6.45, 7) is 7.46. The number of nitrogens with zero attached hydrogens (tertiary/aromatic N) is 6. The Morgan fingerprint density at radius 1 is 1.02 bits per heavy atom. The SMILES string of the molecule is CC(=O)N(CCN(C(=O)[C@H](CC(=O)NC[C@@H]1CCCN(C(=N)N)C1)NS(=O)(=O)N1CCOCC1)C1CC1)N1CCN(C)CC1. The third-order valence-corrected chi connectivity index (χ3v) is 10.4. The van der Waals surface area contributed by atoms with E-state index < -0.39 is 28.1 Å². The topological polar surface area (TPSA) is 188 Å². The molecule has 44 heavy (non-hydrogen) atoms. The minimum Gasteiger partial charge on any atom is -0.379 e. The van der Waals surface area contributed by atoms with Crippen LogP contribution in [0.2, 0.25) is 0 Å². The van der Waals surface area contributed by atoms with Crippen molar-refractivity contribution in [2.75, 3.05) is 92.3 Å². The molecule has 3 amide bonds. The molecule has 3 heterocycles. The lowest BCUT2D eigenvalue weighted by Gasteiger charge is -2.40. The standard InChI is InChI=1S/C27H50N10O6S/c1-21(38)37(34-10-8-32(2)9-11-34)13-12-36(23-5-6-23)26(40)24(31-44(41,42)35-14-16-43-17-15-35)18-25(39)30-19-22-4-3-7-33(20-22)27(28)29/h22-24,31H,3-20H2,1-2H3,(H3,28,29)(H,30,39)/t22-,24-/m0/s1. The number of piperazine rings is 1. The predicted octanol–water partition coefficient (Wildman–Crippen LogP) is -2.36. The quantitative estimate of drug-likeness (QED) is 0.125. The largest absolute Gasteiger partial charge is 0.379 e. The van der Waals surface area contributed by atoms with Gasteiger partial charge in [0.15, 0.2) is 5.96 Å². The molecule has 4 aliphatic rings. The number of hydrogen-bond donors (Lipinski definition) is 4. The maximum absolute atomic E-state index is 14.1. The molecule has 0 aromatic rings. The Kier molecular flexibility index (Phi) is 12.2. The summed E-state index contributed by atoms with van der Waals surface area (Å²) < 4.78 is 35.7. The van der Waals surface area contributed by atoms with E-state index in [4.69, 9.17) is 15.9 Å². The number of hydrazine groups is 1. The van der Waals surface area contributed by atoms with Gasteiger partial charge in [0.1, 0.15) is 6.04 Å². The average Bonchev–Trinajstić information content (AvgIpc) is 3.84. The van der Waals surface area contributed by atoms with Crippen LogP contribution in [0, 0.1) is 11.3 Å². The van der Waals surface area contributed by atoms with E-state index in [0.29, 0.717) is 32.7 Å². The first-order valence-electron chi connectivity index (χ1n) is 15.7. The highest BCUT2D eigenvalue weighted by Crippen LogP contribution is 2.28. The molecular weight excluding hydrogens is 592 g/mol. The van der Waals surface area contributed by atoms with Gasteiger partial charge in [0.25, 0.3) is 10.2 Å². The number of carbonyl (C=O) groups excluding carboxylic acids is 3. The van der Waals surface area contributed by atoms with Gasteiger partial charge in [0.2, 0.25) is 17.7 Å². The lowest BCUT2D eigenvalue weighted by atomic mass is 9.98. The van der Waals surface area contributed by atoms with E-state index in [2.05, 4.69) is 14.9 Å². The second kappa shape index (κ2) is 15.6. The van der Waals surface area contributed by atoms with Crippen LogP contribution in [0.5, 0.6) is 0 Å². The van der Waals surface area contributed by atoms with Gasteiger partial charge in [-0.1, -0.05) is 0 Å². The van der Waals surface area contributed by atoms with Gasteiger partial charge in [-0.3, -0.25) is 24.8 Å². The molecule has 0 unspecified atom stereocenters. The van der Waals surface area contributed by atoms with Gasteiger partial charge in [-0.25, -0.2) is 5.01 Å². The van der Waals surface area contributed by atoms with Crippen molar-refractivity contribution in [2.45, 2.75) is 51.1 Å². The van der Waals surface area contributed by atoms with Crippen molar-refractivity contribution in [1.82, 2.24) is 39.1 Å². The molecule has 17 heteroatoms. The number of likely N-dealkylation sites (tertiary alicyclic amines) is 1. The first kappa shape index (κ1) is 34.3. The van der Waals surface area contributed by atoms with Crippen LogP contribution >= 0.6 is 0 Å². The number of amides is 3. The minimum absolute atomic E-state index is 0.000311.